The van der Waals surface area contributed by atoms with Crippen molar-refractivity contribution in [1.82, 2.24) is 10.3 Å². The summed E-state index contributed by atoms with van der Waals surface area (Å²) >= 11 is 0. The van der Waals surface area contributed by atoms with Gasteiger partial charge in [-0.05, 0) is 55.0 Å². The first-order valence-corrected chi connectivity index (χ1v) is 8.33. The summed E-state index contributed by atoms with van der Waals surface area (Å²) in [6.07, 6.45) is 0. The summed E-state index contributed by atoms with van der Waals surface area (Å²) in [6.45, 7) is 2.18. The van der Waals surface area contributed by atoms with Gasteiger partial charge in [0.1, 0.15) is 17.3 Å². The Morgan fingerprint density at radius 3 is 2.63 bits per heavy atom. The van der Waals surface area contributed by atoms with Crippen LogP contribution in [0.15, 0.2) is 60.7 Å². The molecule has 134 valence electrons. The number of nitrogens with zero attached hydrogens (tertiary/aromatic N) is 2. The van der Waals surface area contributed by atoms with Crippen LogP contribution in [-0.4, -0.2) is 10.9 Å². The van der Waals surface area contributed by atoms with Gasteiger partial charge in [0.15, 0.2) is 0 Å². The number of carbonyl (C=O) groups is 1. The number of nitrogens with two attached hydrogens (primary N) is 1. The van der Waals surface area contributed by atoms with Gasteiger partial charge in [0.25, 0.3) is 5.91 Å². The molecule has 1 aromatic heterocycles. The van der Waals surface area contributed by atoms with Crippen molar-refractivity contribution in [2.45, 2.75) is 13.5 Å². The molecule has 0 saturated carbocycles. The van der Waals surface area contributed by atoms with Crippen LogP contribution in [0.2, 0.25) is 0 Å². The number of hydrogen-bond acceptors (Lipinski definition) is 5. The zero-order valence-electron chi connectivity index (χ0n) is 14.8. The SMILES string of the molecule is Cc1ccc(C(=O)NCc2ccc(Oc3cccc(C#N)c3)cc2)c(N)n1. The summed E-state index contributed by atoms with van der Waals surface area (Å²) < 4.78 is 5.73. The van der Waals surface area contributed by atoms with Gasteiger partial charge in [0, 0.05) is 12.2 Å². The molecule has 0 aliphatic carbocycles. The molecule has 3 rings (SSSR count). The van der Waals surface area contributed by atoms with E-state index in [0.29, 0.717) is 29.2 Å². The average molecular weight is 358 g/mol. The molecule has 1 amide bonds. The molecule has 1 heterocycles. The van der Waals surface area contributed by atoms with Gasteiger partial charge in [-0.3, -0.25) is 4.79 Å². The number of ether oxygens (including phenoxy) is 1. The predicted molar refractivity (Wildman–Crippen MR) is 102 cm³/mol. The Labute approximate surface area is 157 Å². The minimum atomic E-state index is -0.270. The Kier molecular flexibility index (Phi) is 5.33. The predicted octanol–water partition coefficient (Wildman–Crippen LogP) is 3.57. The van der Waals surface area contributed by atoms with Gasteiger partial charge in [-0.2, -0.15) is 5.26 Å². The first-order chi connectivity index (χ1) is 13.0. The third-order valence-electron chi connectivity index (χ3n) is 3.88. The third-order valence-corrected chi connectivity index (χ3v) is 3.88. The maximum absolute atomic E-state index is 12.2. The van der Waals surface area contributed by atoms with E-state index in [4.69, 9.17) is 15.7 Å². The van der Waals surface area contributed by atoms with E-state index < -0.39 is 0 Å². The smallest absolute Gasteiger partial charge is 0.255 e. The molecule has 0 saturated heterocycles. The van der Waals surface area contributed by atoms with E-state index in [1.807, 2.05) is 31.2 Å². The number of rotatable bonds is 5. The maximum Gasteiger partial charge on any atom is 0.255 e. The van der Waals surface area contributed by atoms with Gasteiger partial charge in [0.05, 0.1) is 17.2 Å². The summed E-state index contributed by atoms with van der Waals surface area (Å²) in [6, 6.07) is 19.8. The van der Waals surface area contributed by atoms with Crippen LogP contribution in [0.25, 0.3) is 0 Å². The van der Waals surface area contributed by atoms with E-state index >= 15 is 0 Å². The van der Waals surface area contributed by atoms with E-state index in [9.17, 15) is 4.79 Å². The van der Waals surface area contributed by atoms with Crippen molar-refractivity contribution in [3.05, 3.63) is 83.0 Å². The van der Waals surface area contributed by atoms with Gasteiger partial charge in [-0.25, -0.2) is 4.98 Å². The number of nitriles is 1. The lowest BCUT2D eigenvalue weighted by Crippen LogP contribution is -2.24. The zero-order valence-corrected chi connectivity index (χ0v) is 14.8. The van der Waals surface area contributed by atoms with Gasteiger partial charge in [-0.1, -0.05) is 18.2 Å². The van der Waals surface area contributed by atoms with Crippen molar-refractivity contribution >= 4 is 11.7 Å². The van der Waals surface area contributed by atoms with Crippen molar-refractivity contribution < 1.29 is 9.53 Å². The maximum atomic E-state index is 12.2. The van der Waals surface area contributed by atoms with E-state index in [2.05, 4.69) is 16.4 Å². The number of aromatic nitrogens is 1. The second-order valence-electron chi connectivity index (χ2n) is 5.95. The molecule has 0 aliphatic rings. The fourth-order valence-electron chi connectivity index (χ4n) is 2.49. The largest absolute Gasteiger partial charge is 0.457 e. The number of anilines is 1. The fraction of sp³-hybridized carbons (Fsp3) is 0.0952. The number of aryl methyl sites for hydroxylation is 1. The van der Waals surface area contributed by atoms with E-state index in [1.165, 1.54) is 0 Å². The molecule has 27 heavy (non-hydrogen) atoms. The molecule has 6 nitrogen and oxygen atoms in total. The summed E-state index contributed by atoms with van der Waals surface area (Å²) in [4.78, 5) is 16.3. The Balaban J connectivity index is 1.60. The number of benzene rings is 2. The van der Waals surface area contributed by atoms with Crippen LogP contribution in [0.3, 0.4) is 0 Å². The number of amides is 1. The minimum Gasteiger partial charge on any atom is -0.457 e. The third kappa shape index (κ3) is 4.61. The van der Waals surface area contributed by atoms with Gasteiger partial charge >= 0.3 is 0 Å². The number of pyridine rings is 1. The first kappa shape index (κ1) is 18.0. The molecular weight excluding hydrogens is 340 g/mol. The quantitative estimate of drug-likeness (QED) is 0.726. The summed E-state index contributed by atoms with van der Waals surface area (Å²) in [7, 11) is 0. The molecule has 0 unspecified atom stereocenters. The molecule has 0 spiro atoms. The van der Waals surface area contributed by atoms with Crippen molar-refractivity contribution in [1.29, 1.82) is 5.26 Å². The average Bonchev–Trinajstić information content (AvgIpc) is 2.67. The zero-order chi connectivity index (χ0) is 19.2. The van der Waals surface area contributed by atoms with Crippen LogP contribution < -0.4 is 15.8 Å². The van der Waals surface area contributed by atoms with Crippen molar-refractivity contribution in [2.24, 2.45) is 0 Å². The molecule has 0 atom stereocenters. The minimum absolute atomic E-state index is 0.218. The van der Waals surface area contributed by atoms with Crippen LogP contribution in [0.5, 0.6) is 11.5 Å². The second-order valence-corrected chi connectivity index (χ2v) is 5.95. The second kappa shape index (κ2) is 8.02. The highest BCUT2D eigenvalue weighted by Gasteiger charge is 2.10. The van der Waals surface area contributed by atoms with Gasteiger partial charge in [0.2, 0.25) is 0 Å². The van der Waals surface area contributed by atoms with Crippen molar-refractivity contribution in [2.75, 3.05) is 5.73 Å². The molecule has 0 aliphatic heterocycles. The molecule has 2 aromatic carbocycles. The Bertz CT molecular complexity index is 1010. The Morgan fingerprint density at radius 1 is 1.15 bits per heavy atom. The van der Waals surface area contributed by atoms with Gasteiger partial charge in [-0.15, -0.1) is 0 Å². The summed E-state index contributed by atoms with van der Waals surface area (Å²) in [5, 5.41) is 11.8. The van der Waals surface area contributed by atoms with Crippen LogP contribution in [0.4, 0.5) is 5.82 Å². The highest BCUT2D eigenvalue weighted by atomic mass is 16.5. The molecule has 3 aromatic rings. The highest BCUT2D eigenvalue weighted by molar-refractivity contribution is 5.98. The number of nitrogens with one attached hydrogen (secondary N) is 1. The normalized spacial score (nSPS) is 10.1. The molecule has 6 heteroatoms. The number of nitrogen functional groups attached to an aromatic ring is 1. The fourth-order valence-corrected chi connectivity index (χ4v) is 2.49. The summed E-state index contributed by atoms with van der Waals surface area (Å²) in [5.41, 5.74) is 8.37. The van der Waals surface area contributed by atoms with Crippen LogP contribution in [0.1, 0.15) is 27.2 Å². The first-order valence-electron chi connectivity index (χ1n) is 8.33. The van der Waals surface area contributed by atoms with E-state index in [0.717, 1.165) is 11.3 Å². The topological polar surface area (TPSA) is 101 Å². The highest BCUT2D eigenvalue weighted by Crippen LogP contribution is 2.22. The monoisotopic (exact) mass is 358 g/mol. The van der Waals surface area contributed by atoms with E-state index in [-0.39, 0.29) is 11.7 Å². The molecule has 0 bridgehead atoms. The number of carbonyl (C=O) groups excluding carboxylic acids is 1. The van der Waals surface area contributed by atoms with Crippen LogP contribution in [0, 0.1) is 18.3 Å². The molecule has 0 radical (unpaired) electrons. The van der Waals surface area contributed by atoms with Crippen molar-refractivity contribution in [3.63, 3.8) is 0 Å². The molecular formula is C21H18N4O2. The molecule has 0 fully saturated rings. The Morgan fingerprint density at radius 2 is 1.93 bits per heavy atom. The number of hydrogen-bond donors (Lipinski definition) is 2. The standard InChI is InChI=1S/C21H18N4O2/c1-14-5-10-19(20(23)25-14)21(26)24-13-15-6-8-17(9-7-15)27-18-4-2-3-16(11-18)12-22/h2-11H,13H2,1H3,(H2,23,25)(H,24,26). The Hall–Kier alpha value is -3.85. The van der Waals surface area contributed by atoms with Crippen LogP contribution in [-0.2, 0) is 6.54 Å². The lowest BCUT2D eigenvalue weighted by molar-refractivity contribution is 0.0951. The lowest BCUT2D eigenvalue weighted by atomic mass is 10.2. The molecule has 3 N–H and O–H groups in total. The van der Waals surface area contributed by atoms with E-state index in [1.54, 1.807) is 36.4 Å². The van der Waals surface area contributed by atoms with Crippen LogP contribution >= 0.6 is 0 Å². The summed E-state index contributed by atoms with van der Waals surface area (Å²) in [5.74, 6) is 1.19. The lowest BCUT2D eigenvalue weighted by Gasteiger charge is -2.09. The van der Waals surface area contributed by atoms with Crippen molar-refractivity contribution in [3.8, 4) is 17.6 Å². The van der Waals surface area contributed by atoms with Gasteiger partial charge < -0.3 is 15.8 Å².